The fraction of sp³-hybridized carbons (Fsp3) is 0.727. The average molecular weight is 272 g/mol. The maximum atomic E-state index is 5.68. The van der Waals surface area contributed by atoms with E-state index in [1.165, 1.54) is 22.8 Å². The number of hydrogen-bond acceptors (Lipinski definition) is 5. The molecule has 0 aromatic carbocycles. The Morgan fingerprint density at radius 2 is 2.53 bits per heavy atom. The van der Waals surface area contributed by atoms with E-state index in [1.54, 1.807) is 0 Å². The van der Waals surface area contributed by atoms with E-state index in [0.29, 0.717) is 11.3 Å². The molecule has 1 fully saturated rings. The van der Waals surface area contributed by atoms with Crippen molar-refractivity contribution in [3.05, 3.63) is 18.0 Å². The summed E-state index contributed by atoms with van der Waals surface area (Å²) >= 11 is 4.09. The second kappa shape index (κ2) is 6.68. The number of hydrazine groups is 1. The predicted octanol–water partition coefficient (Wildman–Crippen LogP) is 1.03. The summed E-state index contributed by atoms with van der Waals surface area (Å²) in [6.07, 6.45) is 6.15. The van der Waals surface area contributed by atoms with E-state index >= 15 is 0 Å². The molecule has 3 N–H and O–H groups in total. The summed E-state index contributed by atoms with van der Waals surface area (Å²) in [6, 6.07) is 0.410. The quantitative estimate of drug-likeness (QED) is 0.619. The molecule has 2 rings (SSSR count). The molecule has 2 atom stereocenters. The Kier molecular flexibility index (Phi) is 5.21. The first-order chi connectivity index (χ1) is 8.29. The first-order valence-corrected chi connectivity index (χ1v) is 8.13. The van der Waals surface area contributed by atoms with Gasteiger partial charge in [0.25, 0.3) is 0 Å². The third kappa shape index (κ3) is 3.91. The van der Waals surface area contributed by atoms with Crippen LogP contribution in [0.2, 0.25) is 0 Å². The van der Waals surface area contributed by atoms with Crippen molar-refractivity contribution >= 4 is 23.5 Å². The highest BCUT2D eigenvalue weighted by Crippen LogP contribution is 2.27. The van der Waals surface area contributed by atoms with Gasteiger partial charge in [-0.2, -0.15) is 28.6 Å². The first kappa shape index (κ1) is 13.3. The van der Waals surface area contributed by atoms with Crippen molar-refractivity contribution in [1.29, 1.82) is 0 Å². The molecule has 0 radical (unpaired) electrons. The number of aryl methyl sites for hydroxylation is 2. The zero-order valence-electron chi connectivity index (χ0n) is 10.1. The zero-order valence-corrected chi connectivity index (χ0v) is 11.8. The van der Waals surface area contributed by atoms with E-state index in [4.69, 9.17) is 5.84 Å². The van der Waals surface area contributed by atoms with Crippen molar-refractivity contribution in [2.75, 3.05) is 17.3 Å². The SMILES string of the molecule is Cn1cc(CCC(NN)C2CSCCS2)cn1. The van der Waals surface area contributed by atoms with E-state index < -0.39 is 0 Å². The van der Waals surface area contributed by atoms with Crippen LogP contribution >= 0.6 is 23.5 Å². The summed E-state index contributed by atoms with van der Waals surface area (Å²) < 4.78 is 1.85. The van der Waals surface area contributed by atoms with Crippen LogP contribution in [0.5, 0.6) is 0 Å². The minimum Gasteiger partial charge on any atom is -0.276 e. The lowest BCUT2D eigenvalue weighted by Gasteiger charge is -2.28. The molecule has 0 bridgehead atoms. The Balaban J connectivity index is 1.82. The predicted molar refractivity (Wildman–Crippen MR) is 76.2 cm³/mol. The molecule has 0 spiro atoms. The molecule has 4 nitrogen and oxygen atoms in total. The van der Waals surface area contributed by atoms with Gasteiger partial charge < -0.3 is 0 Å². The van der Waals surface area contributed by atoms with Crippen molar-refractivity contribution in [2.45, 2.75) is 24.1 Å². The van der Waals surface area contributed by atoms with Gasteiger partial charge >= 0.3 is 0 Å². The van der Waals surface area contributed by atoms with Crippen LogP contribution in [0.15, 0.2) is 12.4 Å². The summed E-state index contributed by atoms with van der Waals surface area (Å²) in [4.78, 5) is 0. The van der Waals surface area contributed by atoms with Crippen LogP contribution < -0.4 is 11.3 Å². The molecule has 17 heavy (non-hydrogen) atoms. The van der Waals surface area contributed by atoms with Gasteiger partial charge in [-0.3, -0.25) is 16.0 Å². The van der Waals surface area contributed by atoms with E-state index in [0.717, 1.165) is 12.8 Å². The largest absolute Gasteiger partial charge is 0.276 e. The maximum Gasteiger partial charge on any atom is 0.0521 e. The van der Waals surface area contributed by atoms with Crippen LogP contribution in [0.3, 0.4) is 0 Å². The molecular weight excluding hydrogens is 252 g/mol. The van der Waals surface area contributed by atoms with Crippen LogP contribution in [0.25, 0.3) is 0 Å². The summed E-state index contributed by atoms with van der Waals surface area (Å²) in [6.45, 7) is 0. The molecule has 1 aliphatic heterocycles. The third-order valence-corrected chi connectivity index (χ3v) is 5.93. The Hall–Kier alpha value is -0.170. The molecule has 1 aromatic heterocycles. The standard InChI is InChI=1S/C11H20N4S2/c1-15-7-9(6-13-15)2-3-10(14-12)11-8-16-4-5-17-11/h6-7,10-11,14H,2-5,8,12H2,1H3. The topological polar surface area (TPSA) is 55.9 Å². The second-order valence-corrected chi connectivity index (χ2v) is 6.82. The van der Waals surface area contributed by atoms with Gasteiger partial charge in [-0.1, -0.05) is 0 Å². The molecule has 96 valence electrons. The number of thioether (sulfide) groups is 2. The van der Waals surface area contributed by atoms with E-state index in [2.05, 4.69) is 28.5 Å². The van der Waals surface area contributed by atoms with Gasteiger partial charge in [0.15, 0.2) is 0 Å². The average Bonchev–Trinajstić information content (AvgIpc) is 2.77. The Labute approximate surface area is 111 Å². The van der Waals surface area contributed by atoms with Crippen molar-refractivity contribution in [1.82, 2.24) is 15.2 Å². The van der Waals surface area contributed by atoms with Gasteiger partial charge in [0.05, 0.1) is 6.20 Å². The van der Waals surface area contributed by atoms with Gasteiger partial charge in [0.1, 0.15) is 0 Å². The lowest BCUT2D eigenvalue weighted by molar-refractivity contribution is 0.492. The van der Waals surface area contributed by atoms with Crippen molar-refractivity contribution in [3.63, 3.8) is 0 Å². The molecule has 2 heterocycles. The molecule has 0 amide bonds. The van der Waals surface area contributed by atoms with E-state index in [1.807, 2.05) is 29.7 Å². The summed E-state index contributed by atoms with van der Waals surface area (Å²) in [5, 5.41) is 4.84. The zero-order chi connectivity index (χ0) is 12.1. The van der Waals surface area contributed by atoms with Crippen molar-refractivity contribution in [3.8, 4) is 0 Å². The van der Waals surface area contributed by atoms with Crippen LogP contribution in [-0.2, 0) is 13.5 Å². The smallest absolute Gasteiger partial charge is 0.0521 e. The number of aromatic nitrogens is 2. The monoisotopic (exact) mass is 272 g/mol. The number of hydrogen-bond donors (Lipinski definition) is 2. The molecule has 6 heteroatoms. The minimum absolute atomic E-state index is 0.410. The van der Waals surface area contributed by atoms with Crippen LogP contribution in [-0.4, -0.2) is 38.3 Å². The summed E-state index contributed by atoms with van der Waals surface area (Å²) in [7, 11) is 1.95. The van der Waals surface area contributed by atoms with E-state index in [-0.39, 0.29) is 0 Å². The molecule has 0 aliphatic carbocycles. The van der Waals surface area contributed by atoms with Crippen molar-refractivity contribution in [2.24, 2.45) is 12.9 Å². The maximum absolute atomic E-state index is 5.68. The lowest BCUT2D eigenvalue weighted by atomic mass is 10.1. The number of nitrogens with zero attached hydrogens (tertiary/aromatic N) is 2. The van der Waals surface area contributed by atoms with E-state index in [9.17, 15) is 0 Å². The van der Waals surface area contributed by atoms with Gasteiger partial charge in [-0.15, -0.1) is 0 Å². The van der Waals surface area contributed by atoms with Crippen LogP contribution in [0, 0.1) is 0 Å². The Bertz CT molecular complexity index is 336. The number of nitrogens with one attached hydrogen (secondary N) is 1. The lowest BCUT2D eigenvalue weighted by Crippen LogP contribution is -2.45. The Morgan fingerprint density at radius 1 is 1.65 bits per heavy atom. The van der Waals surface area contributed by atoms with Gasteiger partial charge in [-0.05, 0) is 18.4 Å². The molecule has 2 unspecified atom stereocenters. The highest BCUT2D eigenvalue weighted by molar-refractivity contribution is 8.06. The third-order valence-electron chi connectivity index (χ3n) is 3.01. The van der Waals surface area contributed by atoms with Crippen LogP contribution in [0.4, 0.5) is 0 Å². The van der Waals surface area contributed by atoms with Crippen LogP contribution in [0.1, 0.15) is 12.0 Å². The van der Waals surface area contributed by atoms with Crippen molar-refractivity contribution < 1.29 is 0 Å². The Morgan fingerprint density at radius 3 is 3.12 bits per heavy atom. The highest BCUT2D eigenvalue weighted by Gasteiger charge is 2.23. The first-order valence-electron chi connectivity index (χ1n) is 5.92. The molecular formula is C11H20N4S2. The normalized spacial score (nSPS) is 22.6. The fourth-order valence-electron chi connectivity index (χ4n) is 2.04. The molecule has 1 saturated heterocycles. The fourth-order valence-corrected chi connectivity index (χ4v) is 4.95. The molecule has 1 aliphatic rings. The van der Waals surface area contributed by atoms with Gasteiger partial charge in [0.2, 0.25) is 0 Å². The molecule has 1 aromatic rings. The second-order valence-electron chi connectivity index (χ2n) is 4.32. The minimum atomic E-state index is 0.410. The number of nitrogens with two attached hydrogens (primary N) is 1. The molecule has 0 saturated carbocycles. The van der Waals surface area contributed by atoms with Gasteiger partial charge in [0, 0.05) is 41.8 Å². The summed E-state index contributed by atoms with van der Waals surface area (Å²) in [5.74, 6) is 9.42. The highest BCUT2D eigenvalue weighted by atomic mass is 32.2. The van der Waals surface area contributed by atoms with Gasteiger partial charge in [-0.25, -0.2) is 0 Å². The summed E-state index contributed by atoms with van der Waals surface area (Å²) in [5.41, 5.74) is 4.28. The number of rotatable bonds is 5.